The third-order valence-electron chi connectivity index (χ3n) is 2.52. The first-order valence-corrected chi connectivity index (χ1v) is 6.01. The van der Waals surface area contributed by atoms with Gasteiger partial charge in [-0.05, 0) is 30.5 Å². The van der Waals surface area contributed by atoms with Gasteiger partial charge in [-0.15, -0.1) is 11.3 Å². The third-order valence-corrected chi connectivity index (χ3v) is 3.40. The first-order valence-electron chi connectivity index (χ1n) is 5.13. The van der Waals surface area contributed by atoms with E-state index >= 15 is 0 Å². The molecule has 0 aliphatic rings. The number of thiophene rings is 1. The molecule has 0 radical (unpaired) electrons. The Morgan fingerprint density at radius 3 is 2.88 bits per heavy atom. The zero-order valence-electron chi connectivity index (χ0n) is 9.12. The maximum atomic E-state index is 10.2. The summed E-state index contributed by atoms with van der Waals surface area (Å²) in [4.78, 5) is 5.32. The van der Waals surface area contributed by atoms with E-state index in [1.807, 2.05) is 24.4 Å². The molecule has 0 aliphatic heterocycles. The molecule has 5 heteroatoms. The van der Waals surface area contributed by atoms with Gasteiger partial charge < -0.3 is 9.62 Å². The Kier molecular flexibility index (Phi) is 2.26. The summed E-state index contributed by atoms with van der Waals surface area (Å²) in [5.74, 6) is 0.981. The van der Waals surface area contributed by atoms with Crippen molar-refractivity contribution in [3.05, 3.63) is 41.6 Å². The van der Waals surface area contributed by atoms with Crippen LogP contribution in [0.25, 0.3) is 22.2 Å². The van der Waals surface area contributed by atoms with E-state index in [9.17, 15) is 5.21 Å². The number of hydrogen-bond donors (Lipinski definition) is 1. The van der Waals surface area contributed by atoms with E-state index in [2.05, 4.69) is 4.98 Å². The minimum Gasteiger partial charge on any atom is -0.461 e. The van der Waals surface area contributed by atoms with E-state index in [1.54, 1.807) is 29.7 Å². The molecule has 0 saturated carbocycles. The van der Waals surface area contributed by atoms with E-state index in [4.69, 9.17) is 4.42 Å². The van der Waals surface area contributed by atoms with Crippen LogP contribution >= 0.6 is 11.3 Å². The van der Waals surface area contributed by atoms with Crippen LogP contribution in [0.3, 0.4) is 0 Å². The average Bonchev–Trinajstić information content (AvgIpc) is 2.99. The molecule has 0 bridgehead atoms. The van der Waals surface area contributed by atoms with Crippen LogP contribution in [-0.2, 0) is 0 Å². The molecule has 0 fully saturated rings. The van der Waals surface area contributed by atoms with Gasteiger partial charge >= 0.3 is 0 Å². The zero-order valence-corrected chi connectivity index (χ0v) is 9.94. The SMILES string of the molecule is Cc1nc(-c2ccco2)n(O)c1-c1cccs1. The Labute approximate surface area is 102 Å². The lowest BCUT2D eigenvalue weighted by atomic mass is 10.3. The standard InChI is InChI=1S/C12H10N2O2S/c1-8-11(10-5-3-7-17-10)14(15)12(13-8)9-4-2-6-16-9/h2-7,15H,1H3. The Morgan fingerprint density at radius 2 is 2.24 bits per heavy atom. The summed E-state index contributed by atoms with van der Waals surface area (Å²) in [5, 5.41) is 12.1. The summed E-state index contributed by atoms with van der Waals surface area (Å²) in [5.41, 5.74) is 1.49. The van der Waals surface area contributed by atoms with Crippen molar-refractivity contribution in [3.8, 4) is 22.2 Å². The van der Waals surface area contributed by atoms with Crippen molar-refractivity contribution in [2.45, 2.75) is 6.92 Å². The Balaban J connectivity index is 2.19. The lowest BCUT2D eigenvalue weighted by Gasteiger charge is -2.00. The van der Waals surface area contributed by atoms with Gasteiger partial charge in [0, 0.05) is 0 Å². The highest BCUT2D eigenvalue weighted by molar-refractivity contribution is 7.13. The minimum absolute atomic E-state index is 0.427. The molecule has 0 atom stereocenters. The molecule has 3 rings (SSSR count). The molecule has 17 heavy (non-hydrogen) atoms. The molecule has 3 heterocycles. The fourth-order valence-electron chi connectivity index (χ4n) is 1.78. The summed E-state index contributed by atoms with van der Waals surface area (Å²) in [6.07, 6.45) is 1.56. The van der Waals surface area contributed by atoms with E-state index < -0.39 is 0 Å². The fraction of sp³-hybridized carbons (Fsp3) is 0.0833. The van der Waals surface area contributed by atoms with Crippen molar-refractivity contribution in [1.29, 1.82) is 0 Å². The van der Waals surface area contributed by atoms with Gasteiger partial charge in [0.1, 0.15) is 5.69 Å². The number of furan rings is 1. The Bertz CT molecular complexity index is 624. The van der Waals surface area contributed by atoms with E-state index in [0.29, 0.717) is 17.3 Å². The molecule has 4 nitrogen and oxygen atoms in total. The second-order valence-corrected chi connectivity index (χ2v) is 4.58. The number of aryl methyl sites for hydroxylation is 1. The second-order valence-electron chi connectivity index (χ2n) is 3.64. The number of hydrogen-bond acceptors (Lipinski definition) is 4. The zero-order chi connectivity index (χ0) is 11.8. The highest BCUT2D eigenvalue weighted by Gasteiger charge is 2.18. The molecule has 0 unspecified atom stereocenters. The molecule has 86 valence electrons. The highest BCUT2D eigenvalue weighted by Crippen LogP contribution is 2.31. The van der Waals surface area contributed by atoms with Crippen LogP contribution in [0.1, 0.15) is 5.69 Å². The van der Waals surface area contributed by atoms with Gasteiger partial charge in [-0.3, -0.25) is 0 Å². The van der Waals surface area contributed by atoms with E-state index in [1.165, 1.54) is 0 Å². The maximum Gasteiger partial charge on any atom is 0.212 e. The predicted octanol–water partition coefficient (Wildman–Crippen LogP) is 3.42. The number of nitrogens with zero attached hydrogens (tertiary/aromatic N) is 2. The van der Waals surface area contributed by atoms with Crippen molar-refractivity contribution < 1.29 is 9.62 Å². The first-order chi connectivity index (χ1) is 8.27. The summed E-state index contributed by atoms with van der Waals surface area (Å²) in [7, 11) is 0. The van der Waals surface area contributed by atoms with Crippen molar-refractivity contribution in [2.24, 2.45) is 0 Å². The second kappa shape index (κ2) is 3.78. The smallest absolute Gasteiger partial charge is 0.212 e. The van der Waals surface area contributed by atoms with Gasteiger partial charge in [0.2, 0.25) is 5.82 Å². The van der Waals surface area contributed by atoms with Gasteiger partial charge in [0.25, 0.3) is 0 Å². The Morgan fingerprint density at radius 1 is 1.35 bits per heavy atom. The van der Waals surface area contributed by atoms with Crippen LogP contribution in [0.2, 0.25) is 0 Å². The molecule has 1 N–H and O–H groups in total. The van der Waals surface area contributed by atoms with Crippen LogP contribution in [0.4, 0.5) is 0 Å². The molecule has 0 spiro atoms. The molecular formula is C12H10N2O2S. The normalized spacial score (nSPS) is 10.9. The highest BCUT2D eigenvalue weighted by atomic mass is 32.1. The third kappa shape index (κ3) is 1.55. The van der Waals surface area contributed by atoms with Crippen LogP contribution in [0.5, 0.6) is 0 Å². The van der Waals surface area contributed by atoms with Crippen molar-refractivity contribution in [2.75, 3.05) is 0 Å². The quantitative estimate of drug-likeness (QED) is 0.705. The fourth-order valence-corrected chi connectivity index (χ4v) is 2.59. The summed E-state index contributed by atoms with van der Waals surface area (Å²) < 4.78 is 6.33. The number of aromatic nitrogens is 2. The van der Waals surface area contributed by atoms with Crippen molar-refractivity contribution in [1.82, 2.24) is 9.71 Å². The van der Waals surface area contributed by atoms with Crippen LogP contribution < -0.4 is 0 Å². The lowest BCUT2D eigenvalue weighted by Crippen LogP contribution is -1.95. The first kappa shape index (κ1) is 10.2. The minimum atomic E-state index is 0.427. The van der Waals surface area contributed by atoms with Crippen molar-refractivity contribution >= 4 is 11.3 Å². The van der Waals surface area contributed by atoms with Gasteiger partial charge in [-0.2, -0.15) is 4.73 Å². The predicted molar refractivity (Wildman–Crippen MR) is 65.2 cm³/mol. The summed E-state index contributed by atoms with van der Waals surface area (Å²) >= 11 is 1.56. The molecule has 3 aromatic rings. The van der Waals surface area contributed by atoms with E-state index in [-0.39, 0.29) is 0 Å². The average molecular weight is 246 g/mol. The Hall–Kier alpha value is -2.01. The maximum absolute atomic E-state index is 10.2. The van der Waals surface area contributed by atoms with Crippen LogP contribution in [-0.4, -0.2) is 14.9 Å². The molecular weight excluding hydrogens is 236 g/mol. The molecule has 0 amide bonds. The van der Waals surface area contributed by atoms with Crippen LogP contribution in [0.15, 0.2) is 40.3 Å². The summed E-state index contributed by atoms with van der Waals surface area (Å²) in [6, 6.07) is 7.43. The molecule has 3 aromatic heterocycles. The molecule has 0 aliphatic carbocycles. The van der Waals surface area contributed by atoms with Gasteiger partial charge in [0.15, 0.2) is 5.76 Å². The molecule has 0 saturated heterocycles. The molecule has 0 aromatic carbocycles. The van der Waals surface area contributed by atoms with E-state index in [0.717, 1.165) is 15.3 Å². The topological polar surface area (TPSA) is 51.2 Å². The van der Waals surface area contributed by atoms with Crippen molar-refractivity contribution in [3.63, 3.8) is 0 Å². The number of rotatable bonds is 2. The largest absolute Gasteiger partial charge is 0.461 e. The summed E-state index contributed by atoms with van der Waals surface area (Å²) in [6.45, 7) is 1.87. The monoisotopic (exact) mass is 246 g/mol. The van der Waals surface area contributed by atoms with Crippen LogP contribution in [0, 0.1) is 6.92 Å². The van der Waals surface area contributed by atoms with Gasteiger partial charge in [-0.1, -0.05) is 6.07 Å². The number of imidazole rings is 1. The lowest BCUT2D eigenvalue weighted by molar-refractivity contribution is 0.193. The van der Waals surface area contributed by atoms with Gasteiger partial charge in [0.05, 0.1) is 16.8 Å². The van der Waals surface area contributed by atoms with Gasteiger partial charge in [-0.25, -0.2) is 4.98 Å².